The molecule has 86 valence electrons. The number of nitriles is 1. The molecule has 0 unspecified atom stereocenters. The van der Waals surface area contributed by atoms with E-state index in [4.69, 9.17) is 16.9 Å². The van der Waals surface area contributed by atoms with Gasteiger partial charge in [-0.25, -0.2) is 0 Å². The Labute approximate surface area is 105 Å². The molecular weight excluding hydrogens is 242 g/mol. The van der Waals surface area contributed by atoms with Crippen molar-refractivity contribution < 1.29 is 0 Å². The Balaban J connectivity index is 2.16. The maximum absolute atomic E-state index is 8.93. The zero-order valence-electron chi connectivity index (χ0n) is 8.95. The third kappa shape index (κ3) is 2.55. The second kappa shape index (κ2) is 5.65. The number of piperazine rings is 1. The first-order valence-electron chi connectivity index (χ1n) is 5.37. The number of rotatable bonds is 3. The number of halogens is 1. The molecule has 16 heavy (non-hydrogen) atoms. The average molecular weight is 256 g/mol. The second-order valence-electron chi connectivity index (χ2n) is 3.80. The SMILES string of the molecule is N#CC[C@@H](c1sccc1Cl)N1CCNCC1. The lowest BCUT2D eigenvalue weighted by Crippen LogP contribution is -2.45. The molecule has 1 atom stereocenters. The van der Waals surface area contributed by atoms with Crippen molar-refractivity contribution in [3.63, 3.8) is 0 Å². The zero-order chi connectivity index (χ0) is 11.4. The van der Waals surface area contributed by atoms with Crippen LogP contribution in [-0.4, -0.2) is 31.1 Å². The van der Waals surface area contributed by atoms with Gasteiger partial charge in [-0.15, -0.1) is 11.3 Å². The maximum Gasteiger partial charge on any atom is 0.0642 e. The maximum atomic E-state index is 8.93. The highest BCUT2D eigenvalue weighted by atomic mass is 35.5. The van der Waals surface area contributed by atoms with E-state index in [1.54, 1.807) is 11.3 Å². The van der Waals surface area contributed by atoms with Gasteiger partial charge in [0.15, 0.2) is 0 Å². The van der Waals surface area contributed by atoms with Crippen molar-refractivity contribution in [3.05, 3.63) is 21.3 Å². The van der Waals surface area contributed by atoms with E-state index in [-0.39, 0.29) is 6.04 Å². The fraction of sp³-hybridized carbons (Fsp3) is 0.545. The van der Waals surface area contributed by atoms with Crippen molar-refractivity contribution in [1.82, 2.24) is 10.2 Å². The Kier molecular flexibility index (Phi) is 4.19. The molecule has 0 spiro atoms. The van der Waals surface area contributed by atoms with Gasteiger partial charge >= 0.3 is 0 Å². The van der Waals surface area contributed by atoms with E-state index in [1.165, 1.54) is 0 Å². The van der Waals surface area contributed by atoms with E-state index in [0.717, 1.165) is 36.1 Å². The van der Waals surface area contributed by atoms with Crippen molar-refractivity contribution in [3.8, 4) is 6.07 Å². The smallest absolute Gasteiger partial charge is 0.0642 e. The fourth-order valence-corrected chi connectivity index (χ4v) is 3.33. The van der Waals surface area contributed by atoms with Crippen molar-refractivity contribution in [1.29, 1.82) is 5.26 Å². The lowest BCUT2D eigenvalue weighted by atomic mass is 10.1. The summed E-state index contributed by atoms with van der Waals surface area (Å²) in [4.78, 5) is 3.47. The third-order valence-corrected chi connectivity index (χ3v) is 4.28. The molecule has 1 aliphatic heterocycles. The van der Waals surface area contributed by atoms with Gasteiger partial charge in [0.1, 0.15) is 0 Å². The topological polar surface area (TPSA) is 39.1 Å². The highest BCUT2D eigenvalue weighted by Crippen LogP contribution is 2.34. The van der Waals surface area contributed by atoms with Crippen LogP contribution >= 0.6 is 22.9 Å². The summed E-state index contributed by atoms with van der Waals surface area (Å²) in [5, 5.41) is 15.0. The van der Waals surface area contributed by atoms with E-state index < -0.39 is 0 Å². The summed E-state index contributed by atoms with van der Waals surface area (Å²) in [5.41, 5.74) is 0. The van der Waals surface area contributed by atoms with Crippen LogP contribution in [-0.2, 0) is 0 Å². The molecule has 0 radical (unpaired) electrons. The molecule has 0 bridgehead atoms. The lowest BCUT2D eigenvalue weighted by Gasteiger charge is -2.33. The van der Waals surface area contributed by atoms with Gasteiger partial charge in [0, 0.05) is 31.1 Å². The van der Waals surface area contributed by atoms with Crippen molar-refractivity contribution >= 4 is 22.9 Å². The highest BCUT2D eigenvalue weighted by Gasteiger charge is 2.24. The molecule has 0 aromatic carbocycles. The van der Waals surface area contributed by atoms with Gasteiger partial charge in [-0.2, -0.15) is 5.26 Å². The number of thiophene rings is 1. The number of nitrogens with zero attached hydrogens (tertiary/aromatic N) is 2. The Bertz CT molecular complexity index is 379. The van der Waals surface area contributed by atoms with Crippen LogP contribution in [0.5, 0.6) is 0 Å². The molecule has 1 aromatic heterocycles. The molecular formula is C11H14ClN3S. The highest BCUT2D eigenvalue weighted by molar-refractivity contribution is 7.10. The van der Waals surface area contributed by atoms with Crippen LogP contribution in [0.3, 0.4) is 0 Å². The Morgan fingerprint density at radius 2 is 2.31 bits per heavy atom. The monoisotopic (exact) mass is 255 g/mol. The summed E-state index contributed by atoms with van der Waals surface area (Å²) in [7, 11) is 0. The minimum atomic E-state index is 0.166. The summed E-state index contributed by atoms with van der Waals surface area (Å²) in [6.45, 7) is 3.96. The predicted molar refractivity (Wildman–Crippen MR) is 66.7 cm³/mol. The van der Waals surface area contributed by atoms with E-state index in [9.17, 15) is 0 Å². The van der Waals surface area contributed by atoms with E-state index >= 15 is 0 Å². The molecule has 0 amide bonds. The van der Waals surface area contributed by atoms with Gasteiger partial charge in [0.2, 0.25) is 0 Å². The first kappa shape index (κ1) is 11.9. The molecule has 5 heteroatoms. The van der Waals surface area contributed by atoms with Gasteiger partial charge in [-0.3, -0.25) is 4.90 Å². The minimum Gasteiger partial charge on any atom is -0.314 e. The van der Waals surface area contributed by atoms with Gasteiger partial charge in [0.05, 0.1) is 23.6 Å². The van der Waals surface area contributed by atoms with Gasteiger partial charge < -0.3 is 5.32 Å². The first-order chi connectivity index (χ1) is 7.83. The van der Waals surface area contributed by atoms with Gasteiger partial charge in [-0.1, -0.05) is 11.6 Å². The Hall–Kier alpha value is -0.600. The first-order valence-corrected chi connectivity index (χ1v) is 6.63. The van der Waals surface area contributed by atoms with E-state index in [1.807, 2.05) is 11.4 Å². The van der Waals surface area contributed by atoms with Crippen molar-refractivity contribution in [2.75, 3.05) is 26.2 Å². The number of hydrogen-bond acceptors (Lipinski definition) is 4. The van der Waals surface area contributed by atoms with Gasteiger partial charge in [-0.05, 0) is 11.4 Å². The summed E-state index contributed by atoms with van der Waals surface area (Å²) >= 11 is 7.79. The van der Waals surface area contributed by atoms with E-state index in [2.05, 4.69) is 16.3 Å². The molecule has 0 aliphatic carbocycles. The van der Waals surface area contributed by atoms with Crippen LogP contribution in [0.25, 0.3) is 0 Å². The normalized spacial score (nSPS) is 19.2. The molecule has 2 rings (SSSR count). The summed E-state index contributed by atoms with van der Waals surface area (Å²) < 4.78 is 0. The second-order valence-corrected chi connectivity index (χ2v) is 5.15. The van der Waals surface area contributed by atoms with Crippen LogP contribution in [0, 0.1) is 11.3 Å². The van der Waals surface area contributed by atoms with E-state index in [0.29, 0.717) is 6.42 Å². The molecule has 2 heterocycles. The molecule has 1 aliphatic rings. The number of hydrogen-bond donors (Lipinski definition) is 1. The Morgan fingerprint density at radius 1 is 1.56 bits per heavy atom. The molecule has 0 saturated carbocycles. The molecule has 1 N–H and O–H groups in total. The fourth-order valence-electron chi connectivity index (χ4n) is 2.01. The predicted octanol–water partition coefficient (Wildman–Crippen LogP) is 2.26. The summed E-state index contributed by atoms with van der Waals surface area (Å²) in [6, 6.07) is 4.34. The quantitative estimate of drug-likeness (QED) is 0.901. The van der Waals surface area contributed by atoms with Gasteiger partial charge in [0.25, 0.3) is 0 Å². The van der Waals surface area contributed by atoms with Crippen LogP contribution in [0.4, 0.5) is 0 Å². The molecule has 1 aromatic rings. The van der Waals surface area contributed by atoms with Crippen LogP contribution in [0.2, 0.25) is 5.02 Å². The molecule has 3 nitrogen and oxygen atoms in total. The Morgan fingerprint density at radius 3 is 2.88 bits per heavy atom. The zero-order valence-corrected chi connectivity index (χ0v) is 10.5. The third-order valence-electron chi connectivity index (χ3n) is 2.82. The van der Waals surface area contributed by atoms with Crippen LogP contribution in [0.15, 0.2) is 11.4 Å². The van der Waals surface area contributed by atoms with Crippen LogP contribution < -0.4 is 5.32 Å². The number of nitrogens with one attached hydrogen (secondary N) is 1. The standard InChI is InChI=1S/C11H14ClN3S/c12-9-2-8-16-11(9)10(1-3-13)15-6-4-14-5-7-15/h2,8,10,14H,1,4-7H2/t10-/m0/s1. The summed E-state index contributed by atoms with van der Waals surface area (Å²) in [5.74, 6) is 0. The lowest BCUT2D eigenvalue weighted by molar-refractivity contribution is 0.178. The van der Waals surface area contributed by atoms with Crippen molar-refractivity contribution in [2.45, 2.75) is 12.5 Å². The minimum absolute atomic E-state index is 0.166. The molecule has 1 saturated heterocycles. The van der Waals surface area contributed by atoms with Crippen molar-refractivity contribution in [2.24, 2.45) is 0 Å². The van der Waals surface area contributed by atoms with Crippen LogP contribution in [0.1, 0.15) is 17.3 Å². The largest absolute Gasteiger partial charge is 0.314 e. The summed E-state index contributed by atoms with van der Waals surface area (Å²) in [6.07, 6.45) is 0.514. The average Bonchev–Trinajstić information content (AvgIpc) is 2.73. The molecule has 1 fully saturated rings.